The van der Waals surface area contributed by atoms with Crippen LogP contribution in [0, 0.1) is 5.92 Å². The van der Waals surface area contributed by atoms with Crippen LogP contribution in [0.1, 0.15) is 58.8 Å². The molecule has 0 bridgehead atoms. The van der Waals surface area contributed by atoms with Gasteiger partial charge in [0.25, 0.3) is 0 Å². The summed E-state index contributed by atoms with van der Waals surface area (Å²) in [5.74, 6) is 0.718. The Hall–Kier alpha value is -0.0800. The summed E-state index contributed by atoms with van der Waals surface area (Å²) in [4.78, 5) is 0. The quantitative estimate of drug-likeness (QED) is 0.681. The average Bonchev–Trinajstić information content (AvgIpc) is 2.65. The molecule has 3 atom stereocenters. The van der Waals surface area contributed by atoms with Gasteiger partial charge < -0.3 is 10.4 Å². The van der Waals surface area contributed by atoms with Gasteiger partial charge in [-0.2, -0.15) is 0 Å². The Kier molecular flexibility index (Phi) is 6.26. The minimum Gasteiger partial charge on any atom is -0.393 e. The molecule has 0 heterocycles. The van der Waals surface area contributed by atoms with Crippen LogP contribution in [0.3, 0.4) is 0 Å². The molecule has 1 fully saturated rings. The molecule has 1 rings (SSSR count). The highest BCUT2D eigenvalue weighted by atomic mass is 16.3. The maximum Gasteiger partial charge on any atom is 0.0543 e. The molecule has 0 saturated heterocycles. The van der Waals surface area contributed by atoms with Gasteiger partial charge in [0.05, 0.1) is 6.10 Å². The molecular formula is C13H27NO. The molecule has 2 nitrogen and oxygen atoms in total. The minimum atomic E-state index is -0.0208. The highest BCUT2D eigenvalue weighted by Gasteiger charge is 2.22. The summed E-state index contributed by atoms with van der Waals surface area (Å²) >= 11 is 0. The van der Waals surface area contributed by atoms with Gasteiger partial charge in [-0.1, -0.05) is 26.7 Å². The Morgan fingerprint density at radius 3 is 2.67 bits per heavy atom. The number of hydrogen-bond donors (Lipinski definition) is 2. The highest BCUT2D eigenvalue weighted by molar-refractivity contribution is 4.77. The van der Waals surface area contributed by atoms with Crippen molar-refractivity contribution in [1.29, 1.82) is 0 Å². The van der Waals surface area contributed by atoms with Crippen molar-refractivity contribution in [1.82, 2.24) is 5.32 Å². The van der Waals surface area contributed by atoms with Crippen molar-refractivity contribution in [2.75, 3.05) is 6.54 Å². The fraction of sp³-hybridized carbons (Fsp3) is 1.00. The van der Waals surface area contributed by atoms with E-state index in [1.807, 2.05) is 0 Å². The zero-order valence-corrected chi connectivity index (χ0v) is 10.3. The Morgan fingerprint density at radius 2 is 2.13 bits per heavy atom. The van der Waals surface area contributed by atoms with E-state index >= 15 is 0 Å². The molecule has 0 aromatic heterocycles. The third-order valence-corrected chi connectivity index (χ3v) is 3.61. The van der Waals surface area contributed by atoms with Crippen molar-refractivity contribution in [3.8, 4) is 0 Å². The van der Waals surface area contributed by atoms with Crippen LogP contribution >= 0.6 is 0 Å². The van der Waals surface area contributed by atoms with Crippen LogP contribution in [-0.4, -0.2) is 23.8 Å². The number of nitrogens with one attached hydrogen (secondary N) is 1. The molecule has 0 spiro atoms. The van der Waals surface area contributed by atoms with E-state index in [2.05, 4.69) is 19.2 Å². The summed E-state index contributed by atoms with van der Waals surface area (Å²) in [5, 5.41) is 13.1. The minimum absolute atomic E-state index is 0.0208. The van der Waals surface area contributed by atoms with Gasteiger partial charge in [0.15, 0.2) is 0 Å². The van der Waals surface area contributed by atoms with Crippen molar-refractivity contribution in [2.45, 2.75) is 70.9 Å². The van der Waals surface area contributed by atoms with Crippen LogP contribution in [0.5, 0.6) is 0 Å². The number of unbranched alkanes of at least 4 members (excludes halogenated alkanes) is 1. The molecule has 0 amide bonds. The standard InChI is InChI=1S/C13H27NO/c1-3-5-6-12(4-2)14-10-11-7-8-13(15)9-11/h11-15H,3-10H2,1-2H3. The second-order valence-electron chi connectivity index (χ2n) is 4.99. The van der Waals surface area contributed by atoms with Crippen LogP contribution in [0.25, 0.3) is 0 Å². The third kappa shape index (κ3) is 4.98. The van der Waals surface area contributed by atoms with E-state index in [4.69, 9.17) is 0 Å². The monoisotopic (exact) mass is 213 g/mol. The molecule has 3 unspecified atom stereocenters. The smallest absolute Gasteiger partial charge is 0.0543 e. The molecule has 0 aliphatic heterocycles. The molecule has 0 aromatic rings. The lowest BCUT2D eigenvalue weighted by molar-refractivity contribution is 0.177. The Morgan fingerprint density at radius 1 is 1.33 bits per heavy atom. The fourth-order valence-corrected chi connectivity index (χ4v) is 2.47. The van der Waals surface area contributed by atoms with Gasteiger partial charge in [0.2, 0.25) is 0 Å². The lowest BCUT2D eigenvalue weighted by Gasteiger charge is -2.19. The molecule has 1 saturated carbocycles. The van der Waals surface area contributed by atoms with Crippen LogP contribution in [0.4, 0.5) is 0 Å². The van der Waals surface area contributed by atoms with Crippen molar-refractivity contribution in [2.24, 2.45) is 5.92 Å². The van der Waals surface area contributed by atoms with Gasteiger partial charge >= 0.3 is 0 Å². The summed E-state index contributed by atoms with van der Waals surface area (Å²) in [6.07, 6.45) is 8.37. The summed E-state index contributed by atoms with van der Waals surface area (Å²) in [7, 11) is 0. The molecule has 15 heavy (non-hydrogen) atoms. The zero-order chi connectivity index (χ0) is 11.1. The zero-order valence-electron chi connectivity index (χ0n) is 10.3. The van der Waals surface area contributed by atoms with E-state index in [1.165, 1.54) is 32.1 Å². The van der Waals surface area contributed by atoms with Gasteiger partial charge in [0, 0.05) is 6.04 Å². The van der Waals surface area contributed by atoms with Gasteiger partial charge in [-0.3, -0.25) is 0 Å². The molecule has 1 aliphatic rings. The van der Waals surface area contributed by atoms with Gasteiger partial charge in [0.1, 0.15) is 0 Å². The van der Waals surface area contributed by atoms with E-state index in [0.29, 0.717) is 6.04 Å². The first-order valence-corrected chi connectivity index (χ1v) is 6.67. The van der Waals surface area contributed by atoms with Crippen molar-refractivity contribution >= 4 is 0 Å². The third-order valence-electron chi connectivity index (χ3n) is 3.61. The van der Waals surface area contributed by atoms with Crippen LogP contribution < -0.4 is 5.32 Å². The molecule has 2 heteroatoms. The average molecular weight is 213 g/mol. The molecule has 1 aliphatic carbocycles. The van der Waals surface area contributed by atoms with Gasteiger partial charge in [-0.25, -0.2) is 0 Å². The summed E-state index contributed by atoms with van der Waals surface area (Å²) in [5.41, 5.74) is 0. The second kappa shape index (κ2) is 7.24. The van der Waals surface area contributed by atoms with Crippen molar-refractivity contribution < 1.29 is 5.11 Å². The van der Waals surface area contributed by atoms with E-state index < -0.39 is 0 Å². The van der Waals surface area contributed by atoms with E-state index in [1.54, 1.807) is 0 Å². The highest BCUT2D eigenvalue weighted by Crippen LogP contribution is 2.24. The number of aliphatic hydroxyl groups is 1. The summed E-state index contributed by atoms with van der Waals surface area (Å²) in [6.45, 7) is 5.62. The topological polar surface area (TPSA) is 32.3 Å². The Balaban J connectivity index is 2.10. The van der Waals surface area contributed by atoms with E-state index in [0.717, 1.165) is 25.3 Å². The SMILES string of the molecule is CCCCC(CC)NCC1CCC(O)C1. The Bertz CT molecular complexity index is 161. The molecule has 0 radical (unpaired) electrons. The predicted octanol–water partition coefficient (Wildman–Crippen LogP) is 2.71. The first-order chi connectivity index (χ1) is 7.26. The van der Waals surface area contributed by atoms with Gasteiger partial charge in [-0.05, 0) is 44.6 Å². The number of hydrogen-bond acceptors (Lipinski definition) is 2. The molecule has 0 aromatic carbocycles. The normalized spacial score (nSPS) is 28.2. The molecular weight excluding hydrogens is 186 g/mol. The first-order valence-electron chi connectivity index (χ1n) is 6.67. The van der Waals surface area contributed by atoms with Crippen molar-refractivity contribution in [3.05, 3.63) is 0 Å². The lowest BCUT2D eigenvalue weighted by atomic mass is 10.0. The lowest BCUT2D eigenvalue weighted by Crippen LogP contribution is -2.32. The maximum absolute atomic E-state index is 9.44. The van der Waals surface area contributed by atoms with E-state index in [9.17, 15) is 5.11 Å². The van der Waals surface area contributed by atoms with Crippen molar-refractivity contribution in [3.63, 3.8) is 0 Å². The molecule has 90 valence electrons. The Labute approximate surface area is 94.5 Å². The second-order valence-corrected chi connectivity index (χ2v) is 4.99. The predicted molar refractivity (Wildman–Crippen MR) is 65.0 cm³/mol. The van der Waals surface area contributed by atoms with Gasteiger partial charge in [-0.15, -0.1) is 0 Å². The first kappa shape index (κ1) is 13.0. The largest absolute Gasteiger partial charge is 0.393 e. The summed E-state index contributed by atoms with van der Waals surface area (Å²) in [6, 6.07) is 0.697. The van der Waals surface area contributed by atoms with Crippen LogP contribution in [0.2, 0.25) is 0 Å². The number of aliphatic hydroxyl groups excluding tert-OH is 1. The van der Waals surface area contributed by atoms with Crippen LogP contribution in [0.15, 0.2) is 0 Å². The number of rotatable bonds is 7. The van der Waals surface area contributed by atoms with Crippen LogP contribution in [-0.2, 0) is 0 Å². The summed E-state index contributed by atoms with van der Waals surface area (Å²) < 4.78 is 0. The molecule has 2 N–H and O–H groups in total. The fourth-order valence-electron chi connectivity index (χ4n) is 2.47. The maximum atomic E-state index is 9.44. The van der Waals surface area contributed by atoms with E-state index in [-0.39, 0.29) is 6.10 Å².